The van der Waals surface area contributed by atoms with Gasteiger partial charge in [0, 0.05) is 20.1 Å². The smallest absolute Gasteiger partial charge is 0.305 e. The minimum Gasteiger partial charge on any atom is -0.466 e. The molecule has 0 rings (SSSR count). The molecule has 0 aliphatic heterocycles. The summed E-state index contributed by atoms with van der Waals surface area (Å²) in [4.78, 5) is 11.0. The molecule has 0 spiro atoms. The number of rotatable bonds is 7. The van der Waals surface area contributed by atoms with Crippen LogP contribution in [0.1, 0.15) is 33.1 Å². The molecule has 1 atom stereocenters. The van der Waals surface area contributed by atoms with E-state index in [0.717, 1.165) is 0 Å². The highest BCUT2D eigenvalue weighted by Crippen LogP contribution is 2.16. The molecule has 0 aliphatic carbocycles. The van der Waals surface area contributed by atoms with Crippen LogP contribution in [-0.2, 0) is 14.3 Å². The van der Waals surface area contributed by atoms with Gasteiger partial charge in [0.1, 0.15) is 0 Å². The molecule has 0 heterocycles. The molecule has 0 bridgehead atoms. The lowest BCUT2D eigenvalue weighted by atomic mass is 9.97. The van der Waals surface area contributed by atoms with Crippen LogP contribution < -0.4 is 0 Å². The number of methoxy groups -OCH3 is 1. The summed E-state index contributed by atoms with van der Waals surface area (Å²) in [5, 5.41) is 9.77. The summed E-state index contributed by atoms with van der Waals surface area (Å²) in [7, 11) is 1.58. The van der Waals surface area contributed by atoms with Gasteiger partial charge in [0.25, 0.3) is 0 Å². The zero-order chi connectivity index (χ0) is 11.0. The zero-order valence-corrected chi connectivity index (χ0v) is 9.21. The lowest BCUT2D eigenvalue weighted by molar-refractivity contribution is -0.144. The lowest BCUT2D eigenvalue weighted by Gasteiger charge is -2.22. The second-order valence-corrected chi connectivity index (χ2v) is 3.54. The van der Waals surface area contributed by atoms with Crippen molar-refractivity contribution in [3.05, 3.63) is 0 Å². The molecule has 0 aromatic rings. The van der Waals surface area contributed by atoms with Gasteiger partial charge in [-0.2, -0.15) is 0 Å². The molecule has 4 heteroatoms. The van der Waals surface area contributed by atoms with Crippen molar-refractivity contribution in [2.45, 2.75) is 38.7 Å². The molecule has 0 aromatic carbocycles. The molecule has 0 saturated heterocycles. The van der Waals surface area contributed by atoms with E-state index in [0.29, 0.717) is 26.1 Å². The van der Waals surface area contributed by atoms with E-state index < -0.39 is 5.60 Å². The van der Waals surface area contributed by atoms with Crippen LogP contribution in [-0.4, -0.2) is 37.0 Å². The van der Waals surface area contributed by atoms with Crippen molar-refractivity contribution in [1.29, 1.82) is 0 Å². The highest BCUT2D eigenvalue weighted by atomic mass is 16.5. The number of ether oxygens (including phenoxy) is 2. The molecule has 1 unspecified atom stereocenters. The maximum atomic E-state index is 11.0. The number of aliphatic hydroxyl groups is 1. The van der Waals surface area contributed by atoms with E-state index >= 15 is 0 Å². The number of hydrogen-bond donors (Lipinski definition) is 1. The van der Waals surface area contributed by atoms with Gasteiger partial charge in [-0.15, -0.1) is 0 Å². The van der Waals surface area contributed by atoms with Crippen LogP contribution in [0, 0.1) is 0 Å². The minimum atomic E-state index is -0.844. The van der Waals surface area contributed by atoms with E-state index in [9.17, 15) is 9.90 Å². The molecule has 14 heavy (non-hydrogen) atoms. The average molecular weight is 204 g/mol. The molecule has 0 radical (unpaired) electrons. The Labute approximate surface area is 85.2 Å². The third-order valence-corrected chi connectivity index (χ3v) is 2.02. The Bertz CT molecular complexity index is 166. The van der Waals surface area contributed by atoms with Gasteiger partial charge in [-0.05, 0) is 26.7 Å². The SMILES string of the molecule is CCOC(=O)CCC(C)(O)CCOC. The van der Waals surface area contributed by atoms with Crippen LogP contribution in [0.15, 0.2) is 0 Å². The standard InChI is InChI=1S/C10H20O4/c1-4-14-9(11)5-6-10(2,12)7-8-13-3/h12H,4-8H2,1-3H3. The highest BCUT2D eigenvalue weighted by molar-refractivity contribution is 5.69. The van der Waals surface area contributed by atoms with E-state index in [4.69, 9.17) is 9.47 Å². The van der Waals surface area contributed by atoms with Crippen LogP contribution in [0.25, 0.3) is 0 Å². The molecule has 1 N–H and O–H groups in total. The molecule has 0 aliphatic rings. The summed E-state index contributed by atoms with van der Waals surface area (Å²) in [5.74, 6) is -0.259. The summed E-state index contributed by atoms with van der Waals surface area (Å²) < 4.78 is 9.62. The van der Waals surface area contributed by atoms with Gasteiger partial charge in [0.2, 0.25) is 0 Å². The van der Waals surface area contributed by atoms with Crippen LogP contribution in [0.2, 0.25) is 0 Å². The van der Waals surface area contributed by atoms with Crippen LogP contribution >= 0.6 is 0 Å². The van der Waals surface area contributed by atoms with Crippen molar-refractivity contribution in [2.24, 2.45) is 0 Å². The molecular formula is C10H20O4. The molecule has 84 valence electrons. The topological polar surface area (TPSA) is 55.8 Å². The first-order valence-electron chi connectivity index (χ1n) is 4.89. The van der Waals surface area contributed by atoms with Crippen LogP contribution in [0.3, 0.4) is 0 Å². The van der Waals surface area contributed by atoms with Gasteiger partial charge >= 0.3 is 5.97 Å². The summed E-state index contributed by atoms with van der Waals surface area (Å²) in [6.07, 6.45) is 1.20. The van der Waals surface area contributed by atoms with Crippen molar-refractivity contribution in [1.82, 2.24) is 0 Å². The first-order valence-corrected chi connectivity index (χ1v) is 4.89. The molecule has 0 aromatic heterocycles. The summed E-state index contributed by atoms with van der Waals surface area (Å²) in [5.41, 5.74) is -0.844. The zero-order valence-electron chi connectivity index (χ0n) is 9.21. The van der Waals surface area contributed by atoms with Gasteiger partial charge in [-0.3, -0.25) is 4.79 Å². The van der Waals surface area contributed by atoms with Crippen molar-refractivity contribution in [3.8, 4) is 0 Å². The van der Waals surface area contributed by atoms with Gasteiger partial charge in [0.15, 0.2) is 0 Å². The first kappa shape index (κ1) is 13.4. The number of esters is 1. The van der Waals surface area contributed by atoms with Gasteiger partial charge in [0.05, 0.1) is 12.2 Å². The Kier molecular flexibility index (Phi) is 6.49. The second kappa shape index (κ2) is 6.79. The average Bonchev–Trinajstić information content (AvgIpc) is 2.13. The van der Waals surface area contributed by atoms with Crippen molar-refractivity contribution < 1.29 is 19.4 Å². The van der Waals surface area contributed by atoms with Crippen LogP contribution in [0.4, 0.5) is 0 Å². The van der Waals surface area contributed by atoms with E-state index in [2.05, 4.69) is 0 Å². The monoisotopic (exact) mass is 204 g/mol. The van der Waals surface area contributed by atoms with Crippen molar-refractivity contribution in [2.75, 3.05) is 20.3 Å². The minimum absolute atomic E-state index is 0.255. The van der Waals surface area contributed by atoms with Gasteiger partial charge in [-0.1, -0.05) is 0 Å². The van der Waals surface area contributed by atoms with Crippen molar-refractivity contribution in [3.63, 3.8) is 0 Å². The Balaban J connectivity index is 3.68. The second-order valence-electron chi connectivity index (χ2n) is 3.54. The van der Waals surface area contributed by atoms with Gasteiger partial charge < -0.3 is 14.6 Å². The maximum absolute atomic E-state index is 11.0. The largest absolute Gasteiger partial charge is 0.466 e. The predicted molar refractivity (Wildman–Crippen MR) is 53.0 cm³/mol. The first-order chi connectivity index (χ1) is 6.52. The summed E-state index contributed by atoms with van der Waals surface area (Å²) >= 11 is 0. The predicted octanol–water partition coefficient (Wildman–Crippen LogP) is 1.12. The maximum Gasteiger partial charge on any atom is 0.305 e. The summed E-state index contributed by atoms with van der Waals surface area (Å²) in [6, 6.07) is 0. The molecule has 4 nitrogen and oxygen atoms in total. The Morgan fingerprint density at radius 2 is 2.07 bits per heavy atom. The fourth-order valence-electron chi connectivity index (χ4n) is 1.05. The summed E-state index contributed by atoms with van der Waals surface area (Å²) in [6.45, 7) is 4.35. The van der Waals surface area contributed by atoms with E-state index in [1.165, 1.54) is 0 Å². The van der Waals surface area contributed by atoms with Gasteiger partial charge in [-0.25, -0.2) is 0 Å². The van der Waals surface area contributed by atoms with Crippen LogP contribution in [0.5, 0.6) is 0 Å². The molecule has 0 saturated carbocycles. The Morgan fingerprint density at radius 3 is 2.57 bits per heavy atom. The van der Waals surface area contributed by atoms with E-state index in [1.807, 2.05) is 0 Å². The lowest BCUT2D eigenvalue weighted by Crippen LogP contribution is -2.27. The van der Waals surface area contributed by atoms with E-state index in [-0.39, 0.29) is 12.4 Å². The quantitative estimate of drug-likeness (QED) is 0.631. The normalized spacial score (nSPS) is 14.9. The van der Waals surface area contributed by atoms with E-state index in [1.54, 1.807) is 21.0 Å². The Morgan fingerprint density at radius 1 is 1.43 bits per heavy atom. The molecular weight excluding hydrogens is 184 g/mol. The number of hydrogen-bond acceptors (Lipinski definition) is 4. The molecule has 0 amide bonds. The number of carbonyl (C=O) groups is 1. The fourth-order valence-corrected chi connectivity index (χ4v) is 1.05. The Hall–Kier alpha value is -0.610. The number of carbonyl (C=O) groups excluding carboxylic acids is 1. The third-order valence-electron chi connectivity index (χ3n) is 2.02. The highest BCUT2D eigenvalue weighted by Gasteiger charge is 2.21. The third kappa shape index (κ3) is 6.86. The fraction of sp³-hybridized carbons (Fsp3) is 0.900. The van der Waals surface area contributed by atoms with Crippen molar-refractivity contribution >= 4 is 5.97 Å². The molecule has 0 fully saturated rings.